The number of anilines is 1. The van der Waals surface area contributed by atoms with Gasteiger partial charge in [0.15, 0.2) is 0 Å². The van der Waals surface area contributed by atoms with Crippen molar-refractivity contribution in [2.24, 2.45) is 5.41 Å². The fourth-order valence-corrected chi connectivity index (χ4v) is 3.64. The molecule has 0 radical (unpaired) electrons. The number of benzene rings is 1. The molecule has 0 unspecified atom stereocenters. The second-order valence-corrected chi connectivity index (χ2v) is 8.43. The third kappa shape index (κ3) is 6.94. The topological polar surface area (TPSA) is 49.3 Å². The summed E-state index contributed by atoms with van der Waals surface area (Å²) >= 11 is 0. The Morgan fingerprint density at radius 1 is 1.14 bits per heavy atom. The minimum Gasteiger partial charge on any atom is -0.506 e. The predicted molar refractivity (Wildman–Crippen MR) is 123 cm³/mol. The van der Waals surface area contributed by atoms with E-state index in [0.29, 0.717) is 5.69 Å². The molecule has 0 saturated heterocycles. The van der Waals surface area contributed by atoms with Crippen molar-refractivity contribution in [3.8, 4) is 5.75 Å². The summed E-state index contributed by atoms with van der Waals surface area (Å²) in [5, 5.41) is 12.4. The lowest BCUT2D eigenvalue weighted by atomic mass is 9.72. The Hall–Kier alpha value is -2.81. The maximum absolute atomic E-state index is 12.1. The van der Waals surface area contributed by atoms with Crippen molar-refractivity contribution >= 4 is 11.6 Å². The third-order valence-corrected chi connectivity index (χ3v) is 5.29. The molecule has 1 aliphatic carbocycles. The Labute approximate surface area is 175 Å². The molecule has 0 saturated carbocycles. The summed E-state index contributed by atoms with van der Waals surface area (Å²) in [6, 6.07) is 6.68. The number of amides is 1. The monoisotopic (exact) mass is 391 g/mol. The van der Waals surface area contributed by atoms with Crippen LogP contribution in [0.4, 0.5) is 5.69 Å². The van der Waals surface area contributed by atoms with Gasteiger partial charge in [0.05, 0.1) is 5.69 Å². The summed E-state index contributed by atoms with van der Waals surface area (Å²) in [6.07, 6.45) is 15.5. The summed E-state index contributed by atoms with van der Waals surface area (Å²) < 4.78 is 0. The summed E-state index contributed by atoms with van der Waals surface area (Å²) in [4.78, 5) is 12.1. The van der Waals surface area contributed by atoms with Gasteiger partial charge >= 0.3 is 0 Å². The fourth-order valence-electron chi connectivity index (χ4n) is 3.64. The van der Waals surface area contributed by atoms with E-state index < -0.39 is 0 Å². The Balaban J connectivity index is 1.98. The molecule has 29 heavy (non-hydrogen) atoms. The Kier molecular flexibility index (Phi) is 7.83. The van der Waals surface area contributed by atoms with Crippen LogP contribution in [0.2, 0.25) is 0 Å². The van der Waals surface area contributed by atoms with Gasteiger partial charge in [0.1, 0.15) is 5.75 Å². The van der Waals surface area contributed by atoms with Crippen molar-refractivity contribution in [3.63, 3.8) is 0 Å². The molecular weight excluding hydrogens is 358 g/mol. The molecule has 154 valence electrons. The van der Waals surface area contributed by atoms with Crippen molar-refractivity contribution in [1.29, 1.82) is 0 Å². The number of hydrogen-bond donors (Lipinski definition) is 2. The van der Waals surface area contributed by atoms with E-state index in [1.165, 1.54) is 36.5 Å². The molecule has 2 N–H and O–H groups in total. The van der Waals surface area contributed by atoms with Crippen LogP contribution in [0.1, 0.15) is 53.9 Å². The molecule has 0 heterocycles. The fraction of sp³-hybridized carbons (Fsp3) is 0.346. The van der Waals surface area contributed by atoms with E-state index in [-0.39, 0.29) is 17.1 Å². The molecule has 0 fully saturated rings. The lowest BCUT2D eigenvalue weighted by Gasteiger charge is -2.32. The highest BCUT2D eigenvalue weighted by atomic mass is 16.3. The summed E-state index contributed by atoms with van der Waals surface area (Å²) in [5.74, 6) is -0.213. The molecule has 3 heteroatoms. The molecular formula is C26H33NO2. The van der Waals surface area contributed by atoms with E-state index in [1.54, 1.807) is 24.3 Å². The quantitative estimate of drug-likeness (QED) is 0.316. The molecule has 0 aromatic heterocycles. The average molecular weight is 392 g/mol. The van der Waals surface area contributed by atoms with E-state index in [4.69, 9.17) is 0 Å². The zero-order valence-electron chi connectivity index (χ0n) is 18.3. The SMILES string of the molecule is CC(C=CC1=C(C)CCCC1(C)C)=CC=CC(C)=CC(=O)Nc1ccccc1O. The predicted octanol–water partition coefficient (Wildman–Crippen LogP) is 6.86. The highest BCUT2D eigenvalue weighted by Crippen LogP contribution is 2.40. The number of allylic oxidation sites excluding steroid dienone is 9. The van der Waals surface area contributed by atoms with Crippen LogP contribution >= 0.6 is 0 Å². The third-order valence-electron chi connectivity index (χ3n) is 5.29. The number of aromatic hydroxyl groups is 1. The zero-order chi connectivity index (χ0) is 21.4. The summed E-state index contributed by atoms with van der Waals surface area (Å²) in [7, 11) is 0. The molecule has 0 atom stereocenters. The Bertz CT molecular complexity index is 895. The van der Waals surface area contributed by atoms with Crippen LogP contribution in [0.3, 0.4) is 0 Å². The zero-order valence-corrected chi connectivity index (χ0v) is 18.3. The largest absolute Gasteiger partial charge is 0.506 e. The van der Waals surface area contributed by atoms with Crippen molar-refractivity contribution in [2.75, 3.05) is 5.32 Å². The number of carbonyl (C=O) groups is 1. The van der Waals surface area contributed by atoms with Gasteiger partial charge in [-0.2, -0.15) is 0 Å². The number of phenolic OH excluding ortho intramolecular Hbond substituents is 1. The minimum absolute atomic E-state index is 0.0549. The van der Waals surface area contributed by atoms with Crippen molar-refractivity contribution in [3.05, 3.63) is 83.0 Å². The van der Waals surface area contributed by atoms with E-state index in [1.807, 2.05) is 25.2 Å². The highest BCUT2D eigenvalue weighted by molar-refractivity contribution is 6.00. The molecule has 2 rings (SSSR count). The first-order chi connectivity index (χ1) is 13.7. The normalized spacial score (nSPS) is 18.0. The number of nitrogens with one attached hydrogen (secondary N) is 1. The van der Waals surface area contributed by atoms with Gasteiger partial charge in [0.25, 0.3) is 0 Å². The van der Waals surface area contributed by atoms with Crippen molar-refractivity contribution in [2.45, 2.75) is 53.9 Å². The number of rotatable bonds is 6. The molecule has 1 aromatic rings. The second-order valence-electron chi connectivity index (χ2n) is 8.43. The highest BCUT2D eigenvalue weighted by Gasteiger charge is 2.26. The van der Waals surface area contributed by atoms with E-state index in [2.05, 4.69) is 45.2 Å². The molecule has 0 aliphatic heterocycles. The van der Waals surface area contributed by atoms with Crippen LogP contribution in [0, 0.1) is 5.41 Å². The van der Waals surface area contributed by atoms with Crippen LogP contribution in [0.25, 0.3) is 0 Å². The van der Waals surface area contributed by atoms with Gasteiger partial charge in [0.2, 0.25) is 5.91 Å². The number of phenols is 1. The van der Waals surface area contributed by atoms with Crippen molar-refractivity contribution in [1.82, 2.24) is 0 Å². The maximum atomic E-state index is 12.1. The molecule has 0 bridgehead atoms. The molecule has 3 nitrogen and oxygen atoms in total. The van der Waals surface area contributed by atoms with E-state index in [9.17, 15) is 9.90 Å². The second kappa shape index (κ2) is 10.1. The van der Waals surface area contributed by atoms with E-state index >= 15 is 0 Å². The molecule has 1 aliphatic rings. The molecule has 1 aromatic carbocycles. The van der Waals surface area contributed by atoms with E-state index in [0.717, 1.165) is 11.1 Å². The standard InChI is InChI=1S/C26H33NO2/c1-19(15-16-22-21(3)12-9-17-26(22,4)5)10-8-11-20(2)18-25(29)27-23-13-6-7-14-24(23)28/h6-8,10-11,13-16,18,28H,9,12,17H2,1-5H3,(H,27,29). The van der Waals surface area contributed by atoms with Crippen LogP contribution in [0.15, 0.2) is 83.0 Å². The first-order valence-electron chi connectivity index (χ1n) is 10.2. The van der Waals surface area contributed by atoms with Crippen LogP contribution in [0.5, 0.6) is 5.75 Å². The van der Waals surface area contributed by atoms with Crippen LogP contribution in [-0.2, 0) is 4.79 Å². The molecule has 0 spiro atoms. The van der Waals surface area contributed by atoms with Gasteiger partial charge in [-0.3, -0.25) is 4.79 Å². The maximum Gasteiger partial charge on any atom is 0.248 e. The smallest absolute Gasteiger partial charge is 0.248 e. The number of para-hydroxylation sites is 2. The number of carbonyl (C=O) groups excluding carboxylic acids is 1. The van der Waals surface area contributed by atoms with Gasteiger partial charge in [-0.15, -0.1) is 0 Å². The number of hydrogen-bond acceptors (Lipinski definition) is 2. The lowest BCUT2D eigenvalue weighted by molar-refractivity contribution is -0.112. The van der Waals surface area contributed by atoms with Crippen LogP contribution < -0.4 is 5.32 Å². The first-order valence-corrected chi connectivity index (χ1v) is 10.2. The molecule has 1 amide bonds. The average Bonchev–Trinajstić information content (AvgIpc) is 2.62. The van der Waals surface area contributed by atoms with Gasteiger partial charge in [-0.25, -0.2) is 0 Å². The summed E-state index contributed by atoms with van der Waals surface area (Å²) in [6.45, 7) is 10.8. The van der Waals surface area contributed by atoms with Crippen molar-refractivity contribution < 1.29 is 9.90 Å². The Morgan fingerprint density at radius 3 is 2.55 bits per heavy atom. The van der Waals surface area contributed by atoms with Crippen LogP contribution in [-0.4, -0.2) is 11.0 Å². The van der Waals surface area contributed by atoms with Gasteiger partial charge in [-0.1, -0.05) is 67.5 Å². The Morgan fingerprint density at radius 2 is 1.86 bits per heavy atom. The van der Waals surface area contributed by atoms with Gasteiger partial charge in [0, 0.05) is 6.08 Å². The van der Waals surface area contributed by atoms with Gasteiger partial charge < -0.3 is 10.4 Å². The minimum atomic E-state index is -0.267. The summed E-state index contributed by atoms with van der Waals surface area (Å²) in [5.41, 5.74) is 5.59. The lowest BCUT2D eigenvalue weighted by Crippen LogP contribution is -2.19. The van der Waals surface area contributed by atoms with Gasteiger partial charge in [-0.05, 0) is 68.7 Å². The first kappa shape index (κ1) is 22.5.